The van der Waals surface area contributed by atoms with Gasteiger partial charge in [-0.1, -0.05) is 46.5 Å². The van der Waals surface area contributed by atoms with E-state index in [-0.39, 0.29) is 0 Å². The Hall–Kier alpha value is -0.0400. The number of hydrogen-bond donors (Lipinski definition) is 1. The van der Waals surface area contributed by atoms with Crippen molar-refractivity contribution in [2.45, 2.75) is 58.9 Å². The van der Waals surface area contributed by atoms with E-state index >= 15 is 0 Å². The number of hydrogen-bond acceptors (Lipinski definition) is 1. The molecule has 0 rings (SSSR count). The fraction of sp³-hybridized carbons (Fsp3) is 0.900. The van der Waals surface area contributed by atoms with Crippen LogP contribution in [0, 0.1) is 6.54 Å². The quantitative estimate of drug-likeness (QED) is 0.558. The Morgan fingerprint density at radius 3 is 2.45 bits per heavy atom. The average molecular weight is 156 g/mol. The average Bonchev–Trinajstić information content (AvgIpc) is 1.96. The van der Waals surface area contributed by atoms with Crippen LogP contribution < -0.4 is 5.32 Å². The molecule has 0 aliphatic heterocycles. The number of unbranched alkanes of at least 4 members (excludes halogenated alkanes) is 4. The van der Waals surface area contributed by atoms with Crippen LogP contribution in [0.4, 0.5) is 0 Å². The molecule has 0 aliphatic rings. The van der Waals surface area contributed by atoms with E-state index in [2.05, 4.69) is 32.6 Å². The summed E-state index contributed by atoms with van der Waals surface area (Å²) >= 11 is 0. The zero-order chi connectivity index (χ0) is 8.53. The van der Waals surface area contributed by atoms with Gasteiger partial charge >= 0.3 is 0 Å². The van der Waals surface area contributed by atoms with Crippen LogP contribution in [0.5, 0.6) is 0 Å². The molecule has 0 atom stereocenters. The topological polar surface area (TPSA) is 12.0 Å². The molecule has 0 bridgehead atoms. The molecular weight excluding hydrogens is 134 g/mol. The van der Waals surface area contributed by atoms with Crippen molar-refractivity contribution in [3.63, 3.8) is 0 Å². The molecular formula is C10H22N. The minimum Gasteiger partial charge on any atom is -0.310 e. The van der Waals surface area contributed by atoms with Crippen molar-refractivity contribution in [1.29, 1.82) is 0 Å². The maximum Gasteiger partial charge on any atom is 0.0223 e. The normalized spacial score (nSPS) is 10.9. The van der Waals surface area contributed by atoms with Gasteiger partial charge in [-0.25, -0.2) is 0 Å². The Morgan fingerprint density at radius 2 is 1.91 bits per heavy atom. The van der Waals surface area contributed by atoms with E-state index in [1.807, 2.05) is 0 Å². The standard InChI is InChI=1S/C10H22N/c1-4-5-6-7-8-9-11-10(2)3/h9-11H,4-8H2,1-3H3. The number of rotatable bonds is 7. The minimum absolute atomic E-state index is 0.598. The van der Waals surface area contributed by atoms with Gasteiger partial charge in [0.1, 0.15) is 0 Å². The summed E-state index contributed by atoms with van der Waals surface area (Å²) in [7, 11) is 0. The van der Waals surface area contributed by atoms with Gasteiger partial charge in [0, 0.05) is 12.6 Å². The summed E-state index contributed by atoms with van der Waals surface area (Å²) in [5.41, 5.74) is 0. The summed E-state index contributed by atoms with van der Waals surface area (Å²) in [6, 6.07) is 0.598. The van der Waals surface area contributed by atoms with E-state index in [0.29, 0.717) is 6.04 Å². The van der Waals surface area contributed by atoms with Crippen molar-refractivity contribution in [2.24, 2.45) is 0 Å². The van der Waals surface area contributed by atoms with Crippen LogP contribution >= 0.6 is 0 Å². The molecule has 1 heteroatoms. The molecule has 1 radical (unpaired) electrons. The smallest absolute Gasteiger partial charge is 0.0223 e. The first-order valence-corrected chi connectivity index (χ1v) is 4.85. The molecule has 0 saturated carbocycles. The zero-order valence-electron chi connectivity index (χ0n) is 8.19. The maximum absolute atomic E-state index is 3.30. The van der Waals surface area contributed by atoms with Crippen LogP contribution in [-0.2, 0) is 0 Å². The van der Waals surface area contributed by atoms with Gasteiger partial charge < -0.3 is 5.32 Å². The molecule has 0 saturated heterocycles. The predicted octanol–water partition coefficient (Wildman–Crippen LogP) is 3.12. The molecule has 0 fully saturated rings. The van der Waals surface area contributed by atoms with Gasteiger partial charge in [0.2, 0.25) is 0 Å². The second-order valence-electron chi connectivity index (χ2n) is 3.37. The third-order valence-electron chi connectivity index (χ3n) is 1.65. The van der Waals surface area contributed by atoms with Crippen LogP contribution in [0.25, 0.3) is 0 Å². The molecule has 0 aromatic heterocycles. The van der Waals surface area contributed by atoms with E-state index < -0.39 is 0 Å². The largest absolute Gasteiger partial charge is 0.310 e. The van der Waals surface area contributed by atoms with Gasteiger partial charge in [-0.05, 0) is 6.42 Å². The van der Waals surface area contributed by atoms with Crippen LogP contribution in [0.1, 0.15) is 52.9 Å². The highest BCUT2D eigenvalue weighted by atomic mass is 14.9. The molecule has 11 heavy (non-hydrogen) atoms. The summed E-state index contributed by atoms with van der Waals surface area (Å²) in [6.45, 7) is 8.78. The maximum atomic E-state index is 3.30. The van der Waals surface area contributed by atoms with Crippen molar-refractivity contribution in [3.05, 3.63) is 6.54 Å². The van der Waals surface area contributed by atoms with Crippen LogP contribution in [0.3, 0.4) is 0 Å². The lowest BCUT2D eigenvalue weighted by molar-refractivity contribution is 0.595. The summed E-state index contributed by atoms with van der Waals surface area (Å²) in [4.78, 5) is 0. The highest BCUT2D eigenvalue weighted by Gasteiger charge is 1.91. The lowest BCUT2D eigenvalue weighted by atomic mass is 10.1. The van der Waals surface area contributed by atoms with Gasteiger partial charge in [0.05, 0.1) is 0 Å². The third kappa shape index (κ3) is 9.96. The molecule has 67 valence electrons. The van der Waals surface area contributed by atoms with Crippen molar-refractivity contribution in [2.75, 3.05) is 0 Å². The first-order chi connectivity index (χ1) is 5.27. The van der Waals surface area contributed by atoms with Crippen LogP contribution in [0.15, 0.2) is 0 Å². The Kier molecular flexibility index (Phi) is 8.03. The monoisotopic (exact) mass is 156 g/mol. The van der Waals surface area contributed by atoms with E-state index in [1.54, 1.807) is 0 Å². The highest BCUT2D eigenvalue weighted by molar-refractivity contribution is 4.64. The fourth-order valence-electron chi connectivity index (χ4n) is 0.992. The lowest BCUT2D eigenvalue weighted by Crippen LogP contribution is -2.19. The van der Waals surface area contributed by atoms with Crippen molar-refractivity contribution in [1.82, 2.24) is 5.32 Å². The molecule has 0 unspecified atom stereocenters. The second-order valence-corrected chi connectivity index (χ2v) is 3.37. The summed E-state index contributed by atoms with van der Waals surface area (Å²) in [5, 5.41) is 3.30. The first-order valence-electron chi connectivity index (χ1n) is 4.85. The van der Waals surface area contributed by atoms with Gasteiger partial charge in [-0.15, -0.1) is 0 Å². The molecule has 0 spiro atoms. The van der Waals surface area contributed by atoms with E-state index in [1.165, 1.54) is 32.1 Å². The van der Waals surface area contributed by atoms with Gasteiger partial charge in [-0.3, -0.25) is 0 Å². The van der Waals surface area contributed by atoms with Crippen molar-refractivity contribution >= 4 is 0 Å². The summed E-state index contributed by atoms with van der Waals surface area (Å²) in [6.07, 6.45) is 6.66. The van der Waals surface area contributed by atoms with Crippen LogP contribution in [0.2, 0.25) is 0 Å². The Labute approximate surface area is 71.6 Å². The molecule has 0 aromatic carbocycles. The second kappa shape index (κ2) is 8.06. The van der Waals surface area contributed by atoms with Gasteiger partial charge in [0.15, 0.2) is 0 Å². The SMILES string of the molecule is CCCCCC[CH]NC(C)C. The Morgan fingerprint density at radius 1 is 1.18 bits per heavy atom. The molecule has 1 nitrogen and oxygen atoms in total. The summed E-state index contributed by atoms with van der Waals surface area (Å²) < 4.78 is 0. The van der Waals surface area contributed by atoms with Crippen molar-refractivity contribution in [3.8, 4) is 0 Å². The predicted molar refractivity (Wildman–Crippen MR) is 51.3 cm³/mol. The number of nitrogens with one attached hydrogen (secondary N) is 1. The Bertz CT molecular complexity index is 69.3. The fourth-order valence-corrected chi connectivity index (χ4v) is 0.992. The van der Waals surface area contributed by atoms with Gasteiger partial charge in [0.25, 0.3) is 0 Å². The van der Waals surface area contributed by atoms with Crippen LogP contribution in [-0.4, -0.2) is 6.04 Å². The lowest BCUT2D eigenvalue weighted by Gasteiger charge is -2.06. The highest BCUT2D eigenvalue weighted by Crippen LogP contribution is 2.02. The zero-order valence-corrected chi connectivity index (χ0v) is 8.19. The van der Waals surface area contributed by atoms with Gasteiger partial charge in [-0.2, -0.15) is 0 Å². The molecule has 1 N–H and O–H groups in total. The van der Waals surface area contributed by atoms with Crippen molar-refractivity contribution < 1.29 is 0 Å². The Balaban J connectivity index is 2.80. The molecule has 0 amide bonds. The van der Waals surface area contributed by atoms with E-state index in [0.717, 1.165) is 0 Å². The minimum atomic E-state index is 0.598. The third-order valence-corrected chi connectivity index (χ3v) is 1.65. The molecule has 0 aliphatic carbocycles. The van der Waals surface area contributed by atoms with E-state index in [9.17, 15) is 0 Å². The molecule has 0 heterocycles. The molecule has 0 aromatic rings. The van der Waals surface area contributed by atoms with E-state index in [4.69, 9.17) is 0 Å². The summed E-state index contributed by atoms with van der Waals surface area (Å²) in [5.74, 6) is 0. The first kappa shape index (κ1) is 11.0.